The Hall–Kier alpha value is -2.45. The third kappa shape index (κ3) is 6.54. The molecule has 2 N–H and O–H groups in total. The summed E-state index contributed by atoms with van der Waals surface area (Å²) in [5.74, 6) is 1.44. The Balaban J connectivity index is 2.06. The SMILES string of the molecule is COc1ccccc1C(=O)N[C@H](CCSC)C(=O)NC[C@H](c1ccco1)N(C)C. The van der Waals surface area contributed by atoms with Gasteiger partial charge in [-0.1, -0.05) is 12.1 Å². The summed E-state index contributed by atoms with van der Waals surface area (Å²) in [5, 5.41) is 5.80. The molecule has 1 heterocycles. The quantitative estimate of drug-likeness (QED) is 0.582. The normalized spacial score (nSPS) is 13.0. The minimum atomic E-state index is -0.640. The number of amides is 2. The van der Waals surface area contributed by atoms with E-state index in [1.807, 2.05) is 37.4 Å². The number of nitrogens with zero attached hydrogens (tertiary/aromatic N) is 1. The second kappa shape index (κ2) is 11.5. The number of para-hydroxylation sites is 1. The topological polar surface area (TPSA) is 83.8 Å². The fourth-order valence-corrected chi connectivity index (χ4v) is 3.38. The Morgan fingerprint density at radius 3 is 2.59 bits per heavy atom. The van der Waals surface area contributed by atoms with Crippen molar-refractivity contribution in [2.24, 2.45) is 0 Å². The number of thioether (sulfide) groups is 1. The fraction of sp³-hybridized carbons (Fsp3) is 0.429. The van der Waals surface area contributed by atoms with Gasteiger partial charge in [-0.2, -0.15) is 11.8 Å². The van der Waals surface area contributed by atoms with E-state index in [1.165, 1.54) is 7.11 Å². The van der Waals surface area contributed by atoms with Crippen LogP contribution >= 0.6 is 11.8 Å². The van der Waals surface area contributed by atoms with E-state index in [0.29, 0.717) is 24.3 Å². The van der Waals surface area contributed by atoms with Crippen molar-refractivity contribution in [1.29, 1.82) is 0 Å². The van der Waals surface area contributed by atoms with E-state index in [-0.39, 0.29) is 17.9 Å². The minimum Gasteiger partial charge on any atom is -0.496 e. The molecular weight excluding hydrogens is 390 g/mol. The molecule has 7 nitrogen and oxygen atoms in total. The van der Waals surface area contributed by atoms with Crippen LogP contribution in [0.25, 0.3) is 0 Å². The number of methoxy groups -OCH3 is 1. The average Bonchev–Trinajstić information content (AvgIpc) is 3.25. The third-order valence-corrected chi connectivity index (χ3v) is 5.19. The Bertz CT molecular complexity index is 780. The van der Waals surface area contributed by atoms with E-state index in [4.69, 9.17) is 9.15 Å². The number of carbonyl (C=O) groups is 2. The van der Waals surface area contributed by atoms with Gasteiger partial charge in [0, 0.05) is 6.54 Å². The molecule has 29 heavy (non-hydrogen) atoms. The molecule has 8 heteroatoms. The number of benzene rings is 1. The van der Waals surface area contributed by atoms with Crippen LogP contribution in [0.2, 0.25) is 0 Å². The number of hydrogen-bond donors (Lipinski definition) is 2. The first-order valence-corrected chi connectivity index (χ1v) is 10.8. The number of nitrogens with one attached hydrogen (secondary N) is 2. The van der Waals surface area contributed by atoms with Gasteiger partial charge in [-0.25, -0.2) is 0 Å². The number of likely N-dealkylation sites (N-methyl/N-ethyl adjacent to an activating group) is 1. The van der Waals surface area contributed by atoms with Crippen LogP contribution in [-0.2, 0) is 4.79 Å². The molecule has 0 spiro atoms. The van der Waals surface area contributed by atoms with E-state index in [2.05, 4.69) is 10.6 Å². The summed E-state index contributed by atoms with van der Waals surface area (Å²) in [6, 6.07) is 9.92. The van der Waals surface area contributed by atoms with Crippen molar-refractivity contribution < 1.29 is 18.7 Å². The standard InChI is InChI=1S/C21H29N3O4S/c1-24(2)17(19-10-7-12-28-19)14-22-21(26)16(11-13-29-4)23-20(25)15-8-5-6-9-18(15)27-3/h5-10,12,16-17H,11,13-14H2,1-4H3,(H,22,26)(H,23,25)/t16-,17-/m1/s1. The lowest BCUT2D eigenvalue weighted by atomic mass is 10.1. The lowest BCUT2D eigenvalue weighted by Gasteiger charge is -2.24. The van der Waals surface area contributed by atoms with E-state index in [9.17, 15) is 9.59 Å². The van der Waals surface area contributed by atoms with Crippen LogP contribution in [0.4, 0.5) is 0 Å². The molecule has 0 saturated heterocycles. The highest BCUT2D eigenvalue weighted by Crippen LogP contribution is 2.19. The number of ether oxygens (including phenoxy) is 1. The molecule has 2 atom stereocenters. The fourth-order valence-electron chi connectivity index (χ4n) is 2.91. The van der Waals surface area contributed by atoms with Crippen LogP contribution in [-0.4, -0.2) is 62.5 Å². The maximum absolute atomic E-state index is 12.9. The van der Waals surface area contributed by atoms with E-state index >= 15 is 0 Å². The summed E-state index contributed by atoms with van der Waals surface area (Å²) >= 11 is 1.63. The summed E-state index contributed by atoms with van der Waals surface area (Å²) in [6.07, 6.45) is 4.11. The van der Waals surface area contributed by atoms with Crippen molar-refractivity contribution in [3.8, 4) is 5.75 Å². The molecule has 0 aliphatic heterocycles. The Morgan fingerprint density at radius 2 is 1.97 bits per heavy atom. The van der Waals surface area contributed by atoms with Crippen LogP contribution in [0.15, 0.2) is 47.1 Å². The summed E-state index contributed by atoms with van der Waals surface area (Å²) in [4.78, 5) is 27.6. The zero-order chi connectivity index (χ0) is 21.2. The third-order valence-electron chi connectivity index (χ3n) is 4.55. The van der Waals surface area contributed by atoms with E-state index < -0.39 is 6.04 Å². The molecular formula is C21H29N3O4S. The molecule has 1 aromatic heterocycles. The van der Waals surface area contributed by atoms with Crippen LogP contribution < -0.4 is 15.4 Å². The first kappa shape index (κ1) is 22.8. The molecule has 2 aromatic rings. The predicted octanol–water partition coefficient (Wildman–Crippen LogP) is 2.56. The van der Waals surface area contributed by atoms with Crippen LogP contribution in [0.1, 0.15) is 28.6 Å². The van der Waals surface area contributed by atoms with Gasteiger partial charge >= 0.3 is 0 Å². The van der Waals surface area contributed by atoms with Gasteiger partial charge in [0.25, 0.3) is 5.91 Å². The van der Waals surface area contributed by atoms with Gasteiger partial charge < -0.3 is 19.8 Å². The first-order chi connectivity index (χ1) is 14.0. The molecule has 1 aromatic carbocycles. The largest absolute Gasteiger partial charge is 0.496 e. The van der Waals surface area contributed by atoms with Crippen molar-refractivity contribution in [2.75, 3.05) is 39.8 Å². The van der Waals surface area contributed by atoms with Crippen molar-refractivity contribution >= 4 is 23.6 Å². The number of carbonyl (C=O) groups excluding carboxylic acids is 2. The highest BCUT2D eigenvalue weighted by atomic mass is 32.2. The average molecular weight is 420 g/mol. The lowest BCUT2D eigenvalue weighted by Crippen LogP contribution is -2.48. The molecule has 2 rings (SSSR count). The molecule has 0 unspecified atom stereocenters. The second-order valence-corrected chi connectivity index (χ2v) is 7.73. The number of rotatable bonds is 11. The molecule has 2 amide bonds. The predicted molar refractivity (Wildman–Crippen MR) is 115 cm³/mol. The van der Waals surface area contributed by atoms with Gasteiger partial charge in [0.1, 0.15) is 17.6 Å². The Morgan fingerprint density at radius 1 is 1.21 bits per heavy atom. The molecule has 0 aliphatic rings. The van der Waals surface area contributed by atoms with Crippen LogP contribution in [0.5, 0.6) is 5.75 Å². The van der Waals surface area contributed by atoms with Crippen molar-refractivity contribution in [3.05, 3.63) is 54.0 Å². The highest BCUT2D eigenvalue weighted by molar-refractivity contribution is 7.98. The second-order valence-electron chi connectivity index (χ2n) is 6.75. The summed E-state index contributed by atoms with van der Waals surface area (Å²) in [7, 11) is 5.36. The van der Waals surface area contributed by atoms with Gasteiger partial charge in [0.05, 0.1) is 25.0 Å². The highest BCUT2D eigenvalue weighted by Gasteiger charge is 2.24. The Kier molecular flexibility index (Phi) is 9.08. The zero-order valence-corrected chi connectivity index (χ0v) is 18.1. The van der Waals surface area contributed by atoms with Crippen LogP contribution in [0.3, 0.4) is 0 Å². The van der Waals surface area contributed by atoms with E-state index in [0.717, 1.165) is 11.5 Å². The zero-order valence-electron chi connectivity index (χ0n) is 17.3. The lowest BCUT2D eigenvalue weighted by molar-refractivity contribution is -0.123. The van der Waals surface area contributed by atoms with Gasteiger partial charge in [-0.15, -0.1) is 0 Å². The van der Waals surface area contributed by atoms with Crippen LogP contribution in [0, 0.1) is 0 Å². The van der Waals surface area contributed by atoms with Gasteiger partial charge in [0.2, 0.25) is 5.91 Å². The molecule has 0 saturated carbocycles. The van der Waals surface area contributed by atoms with Crippen molar-refractivity contribution in [1.82, 2.24) is 15.5 Å². The summed E-state index contributed by atoms with van der Waals surface area (Å²) in [5.41, 5.74) is 0.402. The minimum absolute atomic E-state index is 0.0972. The molecule has 0 aliphatic carbocycles. The van der Waals surface area contributed by atoms with E-state index in [1.54, 1.807) is 42.3 Å². The summed E-state index contributed by atoms with van der Waals surface area (Å²) < 4.78 is 10.7. The molecule has 0 bridgehead atoms. The maximum Gasteiger partial charge on any atom is 0.255 e. The molecule has 158 valence electrons. The number of hydrogen-bond acceptors (Lipinski definition) is 6. The summed E-state index contributed by atoms with van der Waals surface area (Å²) in [6.45, 7) is 0.375. The first-order valence-electron chi connectivity index (χ1n) is 9.38. The maximum atomic E-state index is 12.9. The Labute approximate surface area is 176 Å². The van der Waals surface area contributed by atoms with Gasteiger partial charge in [-0.05, 0) is 56.8 Å². The van der Waals surface area contributed by atoms with Crippen molar-refractivity contribution in [2.45, 2.75) is 18.5 Å². The van der Waals surface area contributed by atoms with Gasteiger partial charge in [0.15, 0.2) is 0 Å². The van der Waals surface area contributed by atoms with Gasteiger partial charge in [-0.3, -0.25) is 14.5 Å². The smallest absolute Gasteiger partial charge is 0.255 e. The van der Waals surface area contributed by atoms with Crippen molar-refractivity contribution in [3.63, 3.8) is 0 Å². The molecule has 0 radical (unpaired) electrons. The molecule has 0 fully saturated rings. The number of furan rings is 1. The monoisotopic (exact) mass is 419 g/mol.